The first-order valence-electron chi connectivity index (χ1n) is 5.07. The Morgan fingerprint density at radius 2 is 2.06 bits per heavy atom. The first-order valence-corrected chi connectivity index (χ1v) is 5.07. The second-order valence-corrected chi connectivity index (χ2v) is 3.64. The Kier molecular flexibility index (Phi) is 3.33. The standard InChI is InChI=1S/C11H9F3N2O2/c12-11(13,14)8-3-1-2-7(4-8)5-10-15-9(6-17)16-18-10/h1-4,17H,5-6H2. The van der Waals surface area contributed by atoms with Gasteiger partial charge in [0, 0.05) is 0 Å². The minimum Gasteiger partial charge on any atom is -0.388 e. The summed E-state index contributed by atoms with van der Waals surface area (Å²) < 4.78 is 42.2. The number of hydrogen-bond donors (Lipinski definition) is 1. The van der Waals surface area contributed by atoms with Crippen molar-refractivity contribution in [1.29, 1.82) is 0 Å². The lowest BCUT2D eigenvalue weighted by Crippen LogP contribution is -2.05. The molecule has 0 spiro atoms. The third kappa shape index (κ3) is 2.86. The van der Waals surface area contributed by atoms with Crippen LogP contribution in [0.2, 0.25) is 0 Å². The van der Waals surface area contributed by atoms with Crippen molar-refractivity contribution in [3.8, 4) is 0 Å². The number of aromatic nitrogens is 2. The largest absolute Gasteiger partial charge is 0.416 e. The zero-order chi connectivity index (χ0) is 13.2. The zero-order valence-corrected chi connectivity index (χ0v) is 9.11. The molecule has 0 atom stereocenters. The fourth-order valence-electron chi connectivity index (χ4n) is 1.46. The van der Waals surface area contributed by atoms with Crippen molar-refractivity contribution in [2.45, 2.75) is 19.2 Å². The van der Waals surface area contributed by atoms with Crippen molar-refractivity contribution in [1.82, 2.24) is 10.1 Å². The van der Waals surface area contributed by atoms with Gasteiger partial charge >= 0.3 is 6.18 Å². The topological polar surface area (TPSA) is 59.2 Å². The molecule has 1 N–H and O–H groups in total. The van der Waals surface area contributed by atoms with Crippen molar-refractivity contribution >= 4 is 0 Å². The quantitative estimate of drug-likeness (QED) is 0.916. The number of alkyl halides is 3. The number of benzene rings is 1. The smallest absolute Gasteiger partial charge is 0.388 e. The van der Waals surface area contributed by atoms with Crippen LogP contribution < -0.4 is 0 Å². The molecule has 96 valence electrons. The van der Waals surface area contributed by atoms with Crippen LogP contribution in [-0.4, -0.2) is 15.2 Å². The lowest BCUT2D eigenvalue weighted by Gasteiger charge is -2.07. The third-order valence-corrected chi connectivity index (χ3v) is 2.26. The molecule has 0 aliphatic rings. The number of aliphatic hydroxyl groups is 1. The molecule has 0 bridgehead atoms. The molecule has 0 aliphatic heterocycles. The average Bonchev–Trinajstić information content (AvgIpc) is 2.76. The van der Waals surface area contributed by atoms with Crippen LogP contribution in [0.4, 0.5) is 13.2 Å². The highest BCUT2D eigenvalue weighted by molar-refractivity contribution is 5.27. The summed E-state index contributed by atoms with van der Waals surface area (Å²) in [6.45, 7) is -0.369. The molecule has 4 nitrogen and oxygen atoms in total. The molecular weight excluding hydrogens is 249 g/mol. The van der Waals surface area contributed by atoms with E-state index >= 15 is 0 Å². The summed E-state index contributed by atoms with van der Waals surface area (Å²) in [4.78, 5) is 3.81. The van der Waals surface area contributed by atoms with Crippen LogP contribution in [0.15, 0.2) is 28.8 Å². The Hall–Kier alpha value is -1.89. The zero-order valence-electron chi connectivity index (χ0n) is 9.11. The molecule has 0 unspecified atom stereocenters. The normalized spacial score (nSPS) is 11.8. The first-order chi connectivity index (χ1) is 8.49. The SMILES string of the molecule is OCc1noc(Cc2cccc(C(F)(F)F)c2)n1. The van der Waals surface area contributed by atoms with Gasteiger partial charge in [0.25, 0.3) is 0 Å². The van der Waals surface area contributed by atoms with E-state index in [1.54, 1.807) is 0 Å². The lowest BCUT2D eigenvalue weighted by atomic mass is 10.1. The molecule has 7 heteroatoms. The van der Waals surface area contributed by atoms with Gasteiger partial charge in [-0.05, 0) is 11.6 Å². The van der Waals surface area contributed by atoms with Crippen molar-refractivity contribution < 1.29 is 22.8 Å². The Morgan fingerprint density at radius 3 is 2.67 bits per heavy atom. The summed E-state index contributed by atoms with van der Waals surface area (Å²) in [6, 6.07) is 4.89. The second kappa shape index (κ2) is 4.77. The molecule has 1 aromatic heterocycles. The van der Waals surface area contributed by atoms with E-state index in [9.17, 15) is 13.2 Å². The van der Waals surface area contributed by atoms with Gasteiger partial charge in [0.2, 0.25) is 5.89 Å². The van der Waals surface area contributed by atoms with Crippen LogP contribution in [0, 0.1) is 0 Å². The fraction of sp³-hybridized carbons (Fsp3) is 0.273. The maximum absolute atomic E-state index is 12.5. The molecule has 0 fully saturated rings. The number of halogens is 3. The summed E-state index contributed by atoms with van der Waals surface area (Å²) in [6.07, 6.45) is -4.28. The van der Waals surface area contributed by atoms with Gasteiger partial charge in [-0.3, -0.25) is 0 Å². The number of rotatable bonds is 3. The monoisotopic (exact) mass is 258 g/mol. The Labute approximate surface area is 100 Å². The minimum absolute atomic E-state index is 0.0942. The summed E-state index contributed by atoms with van der Waals surface area (Å²) in [5, 5.41) is 12.2. The Bertz CT molecular complexity index is 537. The summed E-state index contributed by atoms with van der Waals surface area (Å²) in [7, 11) is 0. The van der Waals surface area contributed by atoms with E-state index < -0.39 is 11.7 Å². The van der Waals surface area contributed by atoms with E-state index in [1.165, 1.54) is 12.1 Å². The highest BCUT2D eigenvalue weighted by Gasteiger charge is 2.30. The highest BCUT2D eigenvalue weighted by atomic mass is 19.4. The third-order valence-electron chi connectivity index (χ3n) is 2.26. The van der Waals surface area contributed by atoms with Crippen molar-refractivity contribution in [3.05, 3.63) is 47.1 Å². The number of aliphatic hydroxyl groups excluding tert-OH is 1. The van der Waals surface area contributed by atoms with E-state index in [2.05, 4.69) is 10.1 Å². The number of hydrogen-bond acceptors (Lipinski definition) is 4. The van der Waals surface area contributed by atoms with Crippen molar-refractivity contribution in [3.63, 3.8) is 0 Å². The van der Waals surface area contributed by atoms with E-state index in [1.807, 2.05) is 0 Å². The molecule has 1 aromatic carbocycles. The van der Waals surface area contributed by atoms with Crippen molar-refractivity contribution in [2.24, 2.45) is 0 Å². The van der Waals surface area contributed by atoms with Crippen LogP contribution >= 0.6 is 0 Å². The summed E-state index contributed by atoms with van der Waals surface area (Å²) >= 11 is 0. The van der Waals surface area contributed by atoms with E-state index in [-0.39, 0.29) is 24.7 Å². The molecule has 0 saturated carbocycles. The Balaban J connectivity index is 2.19. The Morgan fingerprint density at radius 1 is 1.28 bits per heavy atom. The number of nitrogens with zero attached hydrogens (tertiary/aromatic N) is 2. The second-order valence-electron chi connectivity index (χ2n) is 3.64. The maximum atomic E-state index is 12.5. The maximum Gasteiger partial charge on any atom is 0.416 e. The van der Waals surface area contributed by atoms with E-state index in [0.29, 0.717) is 5.56 Å². The summed E-state index contributed by atoms with van der Waals surface area (Å²) in [5.41, 5.74) is -0.306. The van der Waals surface area contributed by atoms with Gasteiger partial charge < -0.3 is 9.63 Å². The van der Waals surface area contributed by atoms with E-state index in [0.717, 1.165) is 12.1 Å². The van der Waals surface area contributed by atoms with Gasteiger partial charge in [-0.2, -0.15) is 18.2 Å². The van der Waals surface area contributed by atoms with Crippen LogP contribution in [0.1, 0.15) is 22.8 Å². The van der Waals surface area contributed by atoms with E-state index in [4.69, 9.17) is 9.63 Å². The lowest BCUT2D eigenvalue weighted by molar-refractivity contribution is -0.137. The van der Waals surface area contributed by atoms with Crippen LogP contribution in [0.25, 0.3) is 0 Å². The van der Waals surface area contributed by atoms with Crippen LogP contribution in [-0.2, 0) is 19.2 Å². The molecule has 18 heavy (non-hydrogen) atoms. The van der Waals surface area contributed by atoms with Gasteiger partial charge in [-0.1, -0.05) is 23.4 Å². The van der Waals surface area contributed by atoms with Gasteiger partial charge in [0.1, 0.15) is 6.61 Å². The molecule has 0 aliphatic carbocycles. The predicted molar refractivity (Wildman–Crippen MR) is 54.5 cm³/mol. The van der Waals surface area contributed by atoms with Crippen LogP contribution in [0.3, 0.4) is 0 Å². The first kappa shape index (κ1) is 12.6. The van der Waals surface area contributed by atoms with Gasteiger partial charge in [-0.25, -0.2) is 0 Å². The molecule has 2 aromatic rings. The fourth-order valence-corrected chi connectivity index (χ4v) is 1.46. The van der Waals surface area contributed by atoms with Gasteiger partial charge in [-0.15, -0.1) is 0 Å². The highest BCUT2D eigenvalue weighted by Crippen LogP contribution is 2.29. The van der Waals surface area contributed by atoms with Crippen LogP contribution in [0.5, 0.6) is 0 Å². The molecular formula is C11H9F3N2O2. The predicted octanol–water partition coefficient (Wildman–Crippen LogP) is 2.17. The van der Waals surface area contributed by atoms with Gasteiger partial charge in [0.15, 0.2) is 5.82 Å². The average molecular weight is 258 g/mol. The van der Waals surface area contributed by atoms with Crippen molar-refractivity contribution in [2.75, 3.05) is 0 Å². The molecule has 2 rings (SSSR count). The minimum atomic E-state index is -4.37. The summed E-state index contributed by atoms with van der Waals surface area (Å²) in [5.74, 6) is 0.273. The molecule has 0 radical (unpaired) electrons. The molecule has 1 heterocycles. The molecule has 0 saturated heterocycles. The van der Waals surface area contributed by atoms with Gasteiger partial charge in [0.05, 0.1) is 12.0 Å². The molecule has 0 amide bonds.